The van der Waals surface area contributed by atoms with Gasteiger partial charge in [-0.05, 0) is 31.9 Å². The van der Waals surface area contributed by atoms with Crippen LogP contribution in [0.4, 0.5) is 0 Å². The Morgan fingerprint density at radius 2 is 2.50 bits per heavy atom. The molecule has 0 aliphatic carbocycles. The zero-order chi connectivity index (χ0) is 8.97. The molecular weight excluding hydrogens is 150 g/mol. The monoisotopic (exact) mass is 165 g/mol. The summed E-state index contributed by atoms with van der Waals surface area (Å²) in [5.41, 5.74) is 7.02. The van der Waals surface area contributed by atoms with Crippen LogP contribution in [0.1, 0.15) is 31.6 Å². The highest BCUT2D eigenvalue weighted by atomic mass is 16.3. The summed E-state index contributed by atoms with van der Waals surface area (Å²) in [6.45, 7) is 5.83. The molecule has 0 radical (unpaired) electrons. The predicted octanol–water partition coefficient (Wildman–Crippen LogP) is 2.64. The zero-order valence-electron chi connectivity index (χ0n) is 7.42. The third-order valence-corrected chi connectivity index (χ3v) is 1.79. The Bertz CT molecular complexity index is 238. The van der Waals surface area contributed by atoms with Gasteiger partial charge in [0.25, 0.3) is 0 Å². The lowest BCUT2D eigenvalue weighted by Crippen LogP contribution is -2.08. The molecule has 12 heavy (non-hydrogen) atoms. The first kappa shape index (κ1) is 9.07. The molecular formula is C10H15NO. The van der Waals surface area contributed by atoms with Crippen LogP contribution in [0.25, 0.3) is 0 Å². The predicted molar refractivity (Wildman–Crippen MR) is 49.7 cm³/mol. The molecule has 1 aromatic rings. The second-order valence-corrected chi connectivity index (χ2v) is 3.12. The molecule has 1 atom stereocenters. The third-order valence-electron chi connectivity index (χ3n) is 1.79. The molecule has 0 saturated carbocycles. The summed E-state index contributed by atoms with van der Waals surface area (Å²) >= 11 is 0. The minimum Gasteiger partial charge on any atom is -0.468 e. The summed E-state index contributed by atoms with van der Waals surface area (Å²) in [5.74, 6) is 0.858. The lowest BCUT2D eigenvalue weighted by molar-refractivity contribution is 0.452. The number of nitrogens with two attached hydrogens (primary N) is 1. The van der Waals surface area contributed by atoms with Gasteiger partial charge in [-0.25, -0.2) is 0 Å². The van der Waals surface area contributed by atoms with Gasteiger partial charge >= 0.3 is 0 Å². The first-order valence-corrected chi connectivity index (χ1v) is 4.13. The highest BCUT2D eigenvalue weighted by Gasteiger charge is 2.07. The van der Waals surface area contributed by atoms with Crippen LogP contribution in [-0.2, 0) is 0 Å². The van der Waals surface area contributed by atoms with Gasteiger partial charge in [0.05, 0.1) is 12.3 Å². The Balaban J connectivity index is 2.39. The molecule has 1 heterocycles. The zero-order valence-corrected chi connectivity index (χ0v) is 7.42. The molecule has 0 fully saturated rings. The minimum atomic E-state index is 0.0108. The summed E-state index contributed by atoms with van der Waals surface area (Å²) in [7, 11) is 0. The van der Waals surface area contributed by atoms with Gasteiger partial charge in [0.15, 0.2) is 0 Å². The van der Waals surface area contributed by atoms with Crippen molar-refractivity contribution >= 4 is 0 Å². The molecule has 0 aliphatic heterocycles. The van der Waals surface area contributed by atoms with Gasteiger partial charge in [-0.1, -0.05) is 5.57 Å². The molecule has 0 saturated heterocycles. The van der Waals surface area contributed by atoms with Crippen molar-refractivity contribution in [2.75, 3.05) is 0 Å². The van der Waals surface area contributed by atoms with E-state index in [1.807, 2.05) is 19.1 Å². The Morgan fingerprint density at radius 3 is 3.00 bits per heavy atom. The van der Waals surface area contributed by atoms with E-state index in [1.165, 1.54) is 0 Å². The standard InChI is InChI=1S/C10H15NO/c1-8(2)5-6-9(11)10-4-3-7-12-10/h3-4,7,9H,1,5-6,11H2,2H3. The highest BCUT2D eigenvalue weighted by Crippen LogP contribution is 2.17. The molecule has 0 aromatic carbocycles. The summed E-state index contributed by atoms with van der Waals surface area (Å²) in [5, 5.41) is 0. The van der Waals surface area contributed by atoms with Crippen molar-refractivity contribution in [2.24, 2.45) is 5.73 Å². The van der Waals surface area contributed by atoms with E-state index < -0.39 is 0 Å². The second-order valence-electron chi connectivity index (χ2n) is 3.12. The lowest BCUT2D eigenvalue weighted by atomic mass is 10.1. The van der Waals surface area contributed by atoms with Gasteiger partial charge in [0, 0.05) is 0 Å². The van der Waals surface area contributed by atoms with E-state index in [0.717, 1.165) is 24.2 Å². The second kappa shape index (κ2) is 4.12. The van der Waals surface area contributed by atoms with E-state index in [4.69, 9.17) is 10.2 Å². The average Bonchev–Trinajstić information content (AvgIpc) is 2.51. The van der Waals surface area contributed by atoms with Crippen LogP contribution in [0.3, 0.4) is 0 Å². The van der Waals surface area contributed by atoms with Crippen molar-refractivity contribution in [3.05, 3.63) is 36.3 Å². The number of furan rings is 1. The molecule has 0 aliphatic rings. The molecule has 0 bridgehead atoms. The van der Waals surface area contributed by atoms with Crippen molar-refractivity contribution < 1.29 is 4.42 Å². The number of hydrogen-bond acceptors (Lipinski definition) is 2. The van der Waals surface area contributed by atoms with E-state index in [2.05, 4.69) is 6.58 Å². The van der Waals surface area contributed by atoms with Crippen LogP contribution in [-0.4, -0.2) is 0 Å². The van der Waals surface area contributed by atoms with Crippen LogP contribution in [0, 0.1) is 0 Å². The maximum absolute atomic E-state index is 5.85. The van der Waals surface area contributed by atoms with Crippen molar-refractivity contribution in [1.82, 2.24) is 0 Å². The molecule has 66 valence electrons. The van der Waals surface area contributed by atoms with Crippen molar-refractivity contribution in [1.29, 1.82) is 0 Å². The largest absolute Gasteiger partial charge is 0.468 e. The summed E-state index contributed by atoms with van der Waals surface area (Å²) < 4.78 is 5.17. The first-order valence-electron chi connectivity index (χ1n) is 4.13. The van der Waals surface area contributed by atoms with Crippen molar-refractivity contribution in [3.8, 4) is 0 Å². The van der Waals surface area contributed by atoms with Crippen molar-refractivity contribution in [3.63, 3.8) is 0 Å². The van der Waals surface area contributed by atoms with E-state index in [-0.39, 0.29) is 6.04 Å². The Labute approximate surface area is 73.1 Å². The van der Waals surface area contributed by atoms with Gasteiger partial charge in [-0.15, -0.1) is 6.58 Å². The SMILES string of the molecule is C=C(C)CCC(N)c1ccco1. The van der Waals surface area contributed by atoms with Gasteiger partial charge in [-0.2, -0.15) is 0 Å². The molecule has 0 amide bonds. The number of allylic oxidation sites excluding steroid dienone is 1. The lowest BCUT2D eigenvalue weighted by Gasteiger charge is -2.07. The van der Waals surface area contributed by atoms with Crippen molar-refractivity contribution in [2.45, 2.75) is 25.8 Å². The van der Waals surface area contributed by atoms with Gasteiger partial charge in [-0.3, -0.25) is 0 Å². The van der Waals surface area contributed by atoms with E-state index in [9.17, 15) is 0 Å². The maximum atomic E-state index is 5.85. The topological polar surface area (TPSA) is 39.2 Å². The average molecular weight is 165 g/mol. The summed E-state index contributed by atoms with van der Waals surface area (Å²) in [6.07, 6.45) is 3.51. The Hall–Kier alpha value is -1.02. The molecule has 2 nitrogen and oxygen atoms in total. The fraction of sp³-hybridized carbons (Fsp3) is 0.400. The summed E-state index contributed by atoms with van der Waals surface area (Å²) in [6, 6.07) is 3.77. The third kappa shape index (κ3) is 2.55. The van der Waals surface area contributed by atoms with E-state index >= 15 is 0 Å². The number of rotatable bonds is 4. The Kier molecular flexibility index (Phi) is 3.11. The van der Waals surface area contributed by atoms with E-state index in [0.29, 0.717) is 0 Å². The molecule has 1 rings (SSSR count). The maximum Gasteiger partial charge on any atom is 0.120 e. The molecule has 2 N–H and O–H groups in total. The minimum absolute atomic E-state index is 0.0108. The highest BCUT2D eigenvalue weighted by molar-refractivity contribution is 5.04. The molecule has 1 aromatic heterocycles. The van der Waals surface area contributed by atoms with Crippen LogP contribution >= 0.6 is 0 Å². The number of hydrogen-bond donors (Lipinski definition) is 1. The fourth-order valence-corrected chi connectivity index (χ4v) is 1.05. The summed E-state index contributed by atoms with van der Waals surface area (Å²) in [4.78, 5) is 0. The Morgan fingerprint density at radius 1 is 1.75 bits per heavy atom. The quantitative estimate of drug-likeness (QED) is 0.696. The van der Waals surface area contributed by atoms with Crippen LogP contribution < -0.4 is 5.73 Å². The van der Waals surface area contributed by atoms with Crippen LogP contribution in [0.15, 0.2) is 35.0 Å². The van der Waals surface area contributed by atoms with Gasteiger partial charge in [0.1, 0.15) is 5.76 Å². The fourth-order valence-electron chi connectivity index (χ4n) is 1.05. The first-order chi connectivity index (χ1) is 5.70. The van der Waals surface area contributed by atoms with E-state index in [1.54, 1.807) is 6.26 Å². The van der Waals surface area contributed by atoms with Crippen LogP contribution in [0.2, 0.25) is 0 Å². The normalized spacial score (nSPS) is 12.8. The molecule has 2 heteroatoms. The molecule has 0 spiro atoms. The van der Waals surface area contributed by atoms with Gasteiger partial charge in [0.2, 0.25) is 0 Å². The molecule has 1 unspecified atom stereocenters. The van der Waals surface area contributed by atoms with Crippen LogP contribution in [0.5, 0.6) is 0 Å². The smallest absolute Gasteiger partial charge is 0.120 e. The van der Waals surface area contributed by atoms with Gasteiger partial charge < -0.3 is 10.2 Å².